The van der Waals surface area contributed by atoms with Crippen LogP contribution < -0.4 is 10.6 Å². The van der Waals surface area contributed by atoms with E-state index in [2.05, 4.69) is 10.6 Å². The van der Waals surface area contributed by atoms with Crippen LogP contribution in [0.25, 0.3) is 0 Å². The molecular weight excluding hydrogens is 142 g/mol. The summed E-state index contributed by atoms with van der Waals surface area (Å²) in [6.07, 6.45) is 1.93. The molecule has 0 saturated heterocycles. The van der Waals surface area contributed by atoms with Gasteiger partial charge in [0, 0.05) is 25.4 Å². The third-order valence-electron chi connectivity index (χ3n) is 1.83. The van der Waals surface area contributed by atoms with Crippen LogP contribution in [0.4, 0.5) is 10.6 Å². The highest BCUT2D eigenvalue weighted by Gasteiger charge is 2.15. The average Bonchev–Trinajstić information content (AvgIpc) is 2.33. The highest BCUT2D eigenvalue weighted by molar-refractivity contribution is 5.91. The van der Waals surface area contributed by atoms with Crippen LogP contribution in [0.3, 0.4) is 0 Å². The third kappa shape index (κ3) is 0.869. The van der Waals surface area contributed by atoms with Crippen molar-refractivity contribution in [3.63, 3.8) is 0 Å². The number of anilines is 1. The quantitative estimate of drug-likeness (QED) is 0.562. The summed E-state index contributed by atoms with van der Waals surface area (Å²) in [4.78, 5) is 10.8. The summed E-state index contributed by atoms with van der Waals surface area (Å²) < 4.78 is 1.90. The third-order valence-corrected chi connectivity index (χ3v) is 1.83. The van der Waals surface area contributed by atoms with Crippen molar-refractivity contribution < 1.29 is 4.79 Å². The molecule has 0 spiro atoms. The molecule has 0 saturated carbocycles. The molecule has 11 heavy (non-hydrogen) atoms. The van der Waals surface area contributed by atoms with Gasteiger partial charge in [-0.25, -0.2) is 4.79 Å². The van der Waals surface area contributed by atoms with Crippen molar-refractivity contribution in [2.75, 3.05) is 5.32 Å². The largest absolute Gasteiger partial charge is 0.337 e. The molecule has 58 valence electrons. The number of aryl methyl sites for hydroxylation is 1. The number of carbonyl (C=O) groups excluding carboxylic acids is 1. The Hall–Kier alpha value is -1.45. The summed E-state index contributed by atoms with van der Waals surface area (Å²) in [7, 11) is 1.91. The Kier molecular flexibility index (Phi) is 1.15. The summed E-state index contributed by atoms with van der Waals surface area (Å²) in [6.45, 7) is 0.627. The van der Waals surface area contributed by atoms with Gasteiger partial charge in [-0.15, -0.1) is 0 Å². The van der Waals surface area contributed by atoms with E-state index >= 15 is 0 Å². The number of nitrogens with zero attached hydrogens (tertiary/aromatic N) is 1. The van der Waals surface area contributed by atoms with E-state index in [0.717, 1.165) is 11.4 Å². The number of fused-ring (bicyclic) bond motifs is 1. The normalized spacial score (nSPS) is 15.2. The van der Waals surface area contributed by atoms with Gasteiger partial charge in [-0.1, -0.05) is 0 Å². The van der Waals surface area contributed by atoms with E-state index in [4.69, 9.17) is 0 Å². The van der Waals surface area contributed by atoms with E-state index in [1.807, 2.05) is 23.9 Å². The average molecular weight is 151 g/mol. The Morgan fingerprint density at radius 2 is 2.45 bits per heavy atom. The zero-order valence-electron chi connectivity index (χ0n) is 6.22. The SMILES string of the molecule is Cn1ccc2c1NC(=O)NC2. The second kappa shape index (κ2) is 2.02. The number of nitrogens with one attached hydrogen (secondary N) is 2. The number of hydrogen-bond donors (Lipinski definition) is 2. The van der Waals surface area contributed by atoms with Crippen LogP contribution >= 0.6 is 0 Å². The van der Waals surface area contributed by atoms with Crippen LogP contribution in [0.2, 0.25) is 0 Å². The molecule has 0 unspecified atom stereocenters. The standard InChI is InChI=1S/C7H9N3O/c1-10-3-2-5-4-8-7(11)9-6(5)10/h2-3H,4H2,1H3,(H2,8,9,11). The topological polar surface area (TPSA) is 46.1 Å². The van der Waals surface area contributed by atoms with E-state index in [0.29, 0.717) is 6.54 Å². The predicted molar refractivity (Wildman–Crippen MR) is 41.3 cm³/mol. The second-order valence-electron chi connectivity index (χ2n) is 2.61. The van der Waals surface area contributed by atoms with Crippen LogP contribution in [-0.2, 0) is 13.6 Å². The van der Waals surface area contributed by atoms with Crippen LogP contribution in [0.1, 0.15) is 5.56 Å². The van der Waals surface area contributed by atoms with Gasteiger partial charge in [-0.2, -0.15) is 0 Å². The number of aromatic nitrogens is 1. The first kappa shape index (κ1) is 6.27. The number of urea groups is 1. The van der Waals surface area contributed by atoms with Crippen molar-refractivity contribution in [3.05, 3.63) is 17.8 Å². The summed E-state index contributed by atoms with van der Waals surface area (Å²) in [5.74, 6) is 0.897. The number of hydrogen-bond acceptors (Lipinski definition) is 1. The summed E-state index contributed by atoms with van der Waals surface area (Å²) in [6, 6.07) is 1.86. The molecule has 4 nitrogen and oxygen atoms in total. The molecule has 0 aliphatic carbocycles. The second-order valence-corrected chi connectivity index (χ2v) is 2.61. The zero-order chi connectivity index (χ0) is 7.84. The van der Waals surface area contributed by atoms with Gasteiger partial charge in [0.1, 0.15) is 5.82 Å². The van der Waals surface area contributed by atoms with Gasteiger partial charge in [0.2, 0.25) is 0 Å². The minimum absolute atomic E-state index is 0.126. The number of rotatable bonds is 0. The number of amides is 2. The molecule has 0 aromatic carbocycles. The lowest BCUT2D eigenvalue weighted by atomic mass is 10.3. The summed E-state index contributed by atoms with van der Waals surface area (Å²) in [5, 5.41) is 5.41. The number of carbonyl (C=O) groups is 1. The lowest BCUT2D eigenvalue weighted by Crippen LogP contribution is -2.33. The Balaban J connectivity index is 2.45. The van der Waals surface area contributed by atoms with Crippen LogP contribution in [-0.4, -0.2) is 10.6 Å². The molecule has 1 aliphatic heterocycles. The van der Waals surface area contributed by atoms with E-state index < -0.39 is 0 Å². The van der Waals surface area contributed by atoms with E-state index in [9.17, 15) is 4.79 Å². The van der Waals surface area contributed by atoms with Crippen molar-refractivity contribution in [1.29, 1.82) is 0 Å². The molecule has 1 aromatic rings. The molecule has 0 fully saturated rings. The highest BCUT2D eigenvalue weighted by Crippen LogP contribution is 2.18. The van der Waals surface area contributed by atoms with Crippen molar-refractivity contribution in [2.45, 2.75) is 6.54 Å². The fourth-order valence-corrected chi connectivity index (χ4v) is 1.22. The first-order valence-electron chi connectivity index (χ1n) is 3.46. The summed E-state index contributed by atoms with van der Waals surface area (Å²) in [5.41, 5.74) is 1.13. The maximum absolute atomic E-state index is 10.8. The van der Waals surface area contributed by atoms with E-state index in [-0.39, 0.29) is 6.03 Å². The molecule has 4 heteroatoms. The lowest BCUT2D eigenvalue weighted by molar-refractivity contribution is 0.250. The molecular formula is C7H9N3O. The minimum atomic E-state index is -0.126. The van der Waals surface area contributed by atoms with Crippen LogP contribution in [0, 0.1) is 0 Å². The molecule has 0 radical (unpaired) electrons. The maximum Gasteiger partial charge on any atom is 0.320 e. The Morgan fingerprint density at radius 1 is 1.64 bits per heavy atom. The molecule has 2 rings (SSSR count). The van der Waals surface area contributed by atoms with Gasteiger partial charge in [0.15, 0.2) is 0 Å². The minimum Gasteiger partial charge on any atom is -0.337 e. The van der Waals surface area contributed by atoms with Crippen LogP contribution in [0.5, 0.6) is 0 Å². The zero-order valence-corrected chi connectivity index (χ0v) is 6.22. The Labute approximate surface area is 64.2 Å². The lowest BCUT2D eigenvalue weighted by Gasteiger charge is -2.15. The first-order valence-corrected chi connectivity index (χ1v) is 3.46. The highest BCUT2D eigenvalue weighted by atomic mass is 16.2. The molecule has 2 heterocycles. The first-order chi connectivity index (χ1) is 5.27. The Morgan fingerprint density at radius 3 is 3.27 bits per heavy atom. The molecule has 1 aliphatic rings. The van der Waals surface area contributed by atoms with Gasteiger partial charge < -0.3 is 9.88 Å². The van der Waals surface area contributed by atoms with E-state index in [1.165, 1.54) is 0 Å². The molecule has 0 bridgehead atoms. The van der Waals surface area contributed by atoms with Crippen molar-refractivity contribution in [2.24, 2.45) is 7.05 Å². The Bertz CT molecular complexity index is 303. The smallest absolute Gasteiger partial charge is 0.320 e. The maximum atomic E-state index is 10.8. The predicted octanol–water partition coefficient (Wildman–Crippen LogP) is 0.660. The van der Waals surface area contributed by atoms with Crippen LogP contribution in [0.15, 0.2) is 12.3 Å². The fraction of sp³-hybridized carbons (Fsp3) is 0.286. The molecule has 2 N–H and O–H groups in total. The van der Waals surface area contributed by atoms with Crippen molar-refractivity contribution in [1.82, 2.24) is 9.88 Å². The van der Waals surface area contributed by atoms with Gasteiger partial charge >= 0.3 is 6.03 Å². The van der Waals surface area contributed by atoms with Crippen molar-refractivity contribution >= 4 is 11.8 Å². The van der Waals surface area contributed by atoms with E-state index in [1.54, 1.807) is 0 Å². The van der Waals surface area contributed by atoms with Gasteiger partial charge in [-0.3, -0.25) is 5.32 Å². The van der Waals surface area contributed by atoms with Crippen molar-refractivity contribution in [3.8, 4) is 0 Å². The van der Waals surface area contributed by atoms with Gasteiger partial charge in [0.05, 0.1) is 0 Å². The molecule has 0 atom stereocenters. The van der Waals surface area contributed by atoms with Gasteiger partial charge in [0.25, 0.3) is 0 Å². The molecule has 2 amide bonds. The molecule has 1 aromatic heterocycles. The fourth-order valence-electron chi connectivity index (χ4n) is 1.22. The monoisotopic (exact) mass is 151 g/mol. The van der Waals surface area contributed by atoms with Gasteiger partial charge in [-0.05, 0) is 6.07 Å². The summed E-state index contributed by atoms with van der Waals surface area (Å²) >= 11 is 0.